The number of nitrogens with zero attached hydrogens (tertiary/aromatic N) is 4. The lowest BCUT2D eigenvalue weighted by molar-refractivity contribution is -0.132. The largest absolute Gasteiger partial charge is 0.439 e. The highest BCUT2D eigenvalue weighted by Crippen LogP contribution is 2.26. The molecular formula is C25H22ClN5O3. The Balaban J connectivity index is 1.50. The Bertz CT molecular complexity index is 1220. The van der Waals surface area contributed by atoms with Crippen molar-refractivity contribution in [1.29, 1.82) is 5.26 Å². The zero-order valence-corrected chi connectivity index (χ0v) is 19.2. The summed E-state index contributed by atoms with van der Waals surface area (Å²) in [7, 11) is 0. The first-order valence-corrected chi connectivity index (χ1v) is 11.1. The molecule has 8 nitrogen and oxygen atoms in total. The molecule has 1 aliphatic rings. The zero-order valence-electron chi connectivity index (χ0n) is 18.4. The minimum absolute atomic E-state index is 0.149. The van der Waals surface area contributed by atoms with E-state index >= 15 is 0 Å². The average Bonchev–Trinajstić information content (AvgIpc) is 2.84. The number of nitriles is 1. The summed E-state index contributed by atoms with van der Waals surface area (Å²) in [6.45, 7) is 2.43. The van der Waals surface area contributed by atoms with Gasteiger partial charge in [0.15, 0.2) is 0 Å². The number of hydrogen-bond acceptors (Lipinski definition) is 6. The van der Waals surface area contributed by atoms with Crippen molar-refractivity contribution in [1.82, 2.24) is 14.8 Å². The molecule has 1 saturated heterocycles. The van der Waals surface area contributed by atoms with Crippen LogP contribution in [-0.4, -0.2) is 39.4 Å². The Hall–Kier alpha value is -4.09. The van der Waals surface area contributed by atoms with E-state index in [1.54, 1.807) is 66.4 Å². The van der Waals surface area contributed by atoms with Crippen LogP contribution in [0.25, 0.3) is 0 Å². The standard InChI is InChI=1S/C25H22ClN5O3/c1-2-30-24(32)14-22(31(25(30)33)16-17-6-8-18(26)9-7-17)28-19-10-12-21(13-11-19)34-23-5-3-4-20(15-27)29-23/h3-13,22,28H,2,14,16H2,1H3. The van der Waals surface area contributed by atoms with Gasteiger partial charge in [-0.25, -0.2) is 9.78 Å². The predicted octanol–water partition coefficient (Wildman–Crippen LogP) is 5.01. The molecule has 4 rings (SSSR count). The van der Waals surface area contributed by atoms with Gasteiger partial charge in [0.1, 0.15) is 23.7 Å². The molecule has 1 aliphatic heterocycles. The van der Waals surface area contributed by atoms with Crippen molar-refractivity contribution in [3.63, 3.8) is 0 Å². The van der Waals surface area contributed by atoms with Crippen molar-refractivity contribution >= 4 is 29.2 Å². The van der Waals surface area contributed by atoms with Gasteiger partial charge in [-0.1, -0.05) is 29.8 Å². The van der Waals surface area contributed by atoms with Gasteiger partial charge < -0.3 is 10.1 Å². The van der Waals surface area contributed by atoms with Crippen LogP contribution in [0.2, 0.25) is 5.02 Å². The molecule has 3 aromatic rings. The fraction of sp³-hybridized carbons (Fsp3) is 0.200. The summed E-state index contributed by atoms with van der Waals surface area (Å²) in [5.74, 6) is 0.636. The number of urea groups is 1. The van der Waals surface area contributed by atoms with E-state index in [-0.39, 0.29) is 24.1 Å². The molecule has 34 heavy (non-hydrogen) atoms. The second-order valence-electron chi connectivity index (χ2n) is 7.64. The Kier molecular flexibility index (Phi) is 6.95. The molecule has 0 spiro atoms. The maximum atomic E-state index is 13.1. The second-order valence-corrected chi connectivity index (χ2v) is 8.07. The number of benzene rings is 2. The van der Waals surface area contributed by atoms with E-state index in [9.17, 15) is 9.59 Å². The fourth-order valence-electron chi connectivity index (χ4n) is 3.65. The molecular weight excluding hydrogens is 454 g/mol. The monoisotopic (exact) mass is 475 g/mol. The van der Waals surface area contributed by atoms with E-state index < -0.39 is 6.17 Å². The highest BCUT2D eigenvalue weighted by Gasteiger charge is 2.38. The van der Waals surface area contributed by atoms with Crippen LogP contribution in [-0.2, 0) is 11.3 Å². The quantitative estimate of drug-likeness (QED) is 0.515. The normalized spacial score (nSPS) is 15.7. The Morgan fingerprint density at radius 1 is 1.12 bits per heavy atom. The van der Waals surface area contributed by atoms with Crippen LogP contribution in [0, 0.1) is 11.3 Å². The van der Waals surface area contributed by atoms with Gasteiger partial charge in [-0.05, 0) is 55.0 Å². The average molecular weight is 476 g/mol. The number of imide groups is 1. The van der Waals surface area contributed by atoms with E-state index in [2.05, 4.69) is 10.3 Å². The van der Waals surface area contributed by atoms with Gasteiger partial charge in [0.2, 0.25) is 11.8 Å². The van der Waals surface area contributed by atoms with Gasteiger partial charge in [-0.3, -0.25) is 14.6 Å². The molecule has 1 fully saturated rings. The molecule has 1 N–H and O–H groups in total. The highest BCUT2D eigenvalue weighted by atomic mass is 35.5. The molecule has 3 amide bonds. The van der Waals surface area contributed by atoms with Gasteiger partial charge in [-0.15, -0.1) is 0 Å². The number of aromatic nitrogens is 1. The molecule has 1 atom stereocenters. The third-order valence-corrected chi connectivity index (χ3v) is 5.60. The molecule has 0 aliphatic carbocycles. The molecule has 2 aromatic carbocycles. The van der Waals surface area contributed by atoms with E-state index in [0.29, 0.717) is 29.7 Å². The minimum Gasteiger partial charge on any atom is -0.439 e. The number of pyridine rings is 1. The van der Waals surface area contributed by atoms with Gasteiger partial charge >= 0.3 is 6.03 Å². The number of carbonyl (C=O) groups is 2. The third kappa shape index (κ3) is 5.27. The molecule has 9 heteroatoms. The number of hydrogen-bond donors (Lipinski definition) is 1. The van der Waals surface area contributed by atoms with Crippen LogP contribution in [0.1, 0.15) is 24.6 Å². The maximum Gasteiger partial charge on any atom is 0.328 e. The van der Waals surface area contributed by atoms with Gasteiger partial charge in [0, 0.05) is 29.9 Å². The smallest absolute Gasteiger partial charge is 0.328 e. The fourth-order valence-corrected chi connectivity index (χ4v) is 3.78. The molecule has 0 bridgehead atoms. The minimum atomic E-state index is -0.515. The molecule has 172 valence electrons. The third-order valence-electron chi connectivity index (χ3n) is 5.35. The van der Waals surface area contributed by atoms with Crippen LogP contribution in [0.15, 0.2) is 66.7 Å². The summed E-state index contributed by atoms with van der Waals surface area (Å²) in [6, 6.07) is 21.0. The number of halogens is 1. The van der Waals surface area contributed by atoms with Crippen LogP contribution in [0.4, 0.5) is 10.5 Å². The SMILES string of the molecule is CCN1C(=O)CC(Nc2ccc(Oc3cccc(C#N)n3)cc2)N(Cc2ccc(Cl)cc2)C1=O. The molecule has 0 saturated carbocycles. The summed E-state index contributed by atoms with van der Waals surface area (Å²) in [5.41, 5.74) is 1.90. The van der Waals surface area contributed by atoms with Crippen molar-refractivity contribution in [3.8, 4) is 17.7 Å². The molecule has 0 radical (unpaired) electrons. The van der Waals surface area contributed by atoms with Gasteiger partial charge in [0.05, 0.1) is 6.42 Å². The number of rotatable bonds is 7. The number of nitrogens with one attached hydrogen (secondary N) is 1. The highest BCUT2D eigenvalue weighted by molar-refractivity contribution is 6.30. The lowest BCUT2D eigenvalue weighted by Crippen LogP contribution is -2.58. The van der Waals surface area contributed by atoms with Crippen LogP contribution < -0.4 is 10.1 Å². The first-order valence-electron chi connectivity index (χ1n) is 10.7. The second kappa shape index (κ2) is 10.2. The summed E-state index contributed by atoms with van der Waals surface area (Å²) in [5, 5.41) is 12.9. The van der Waals surface area contributed by atoms with Gasteiger partial charge in [-0.2, -0.15) is 5.26 Å². The molecule has 1 unspecified atom stereocenters. The Labute approximate surface area is 202 Å². The number of carbonyl (C=O) groups excluding carboxylic acids is 2. The molecule has 2 heterocycles. The summed E-state index contributed by atoms with van der Waals surface area (Å²) in [6.07, 6.45) is -0.366. The predicted molar refractivity (Wildman–Crippen MR) is 127 cm³/mol. The van der Waals surface area contributed by atoms with E-state index in [4.69, 9.17) is 21.6 Å². The molecule has 1 aromatic heterocycles. The summed E-state index contributed by atoms with van der Waals surface area (Å²) in [4.78, 5) is 32.6. The first kappa shape index (κ1) is 23.1. The van der Waals surface area contributed by atoms with Crippen molar-refractivity contribution in [3.05, 3.63) is 83.0 Å². The van der Waals surface area contributed by atoms with Crippen molar-refractivity contribution in [2.24, 2.45) is 0 Å². The zero-order chi connectivity index (χ0) is 24.1. The van der Waals surface area contributed by atoms with Crippen LogP contribution in [0.5, 0.6) is 11.6 Å². The van der Waals surface area contributed by atoms with Crippen molar-refractivity contribution in [2.45, 2.75) is 26.1 Å². The maximum absolute atomic E-state index is 13.1. The number of ether oxygens (including phenoxy) is 1. The van der Waals surface area contributed by atoms with Crippen molar-refractivity contribution in [2.75, 3.05) is 11.9 Å². The summed E-state index contributed by atoms with van der Waals surface area (Å²) >= 11 is 5.99. The van der Waals surface area contributed by atoms with Crippen molar-refractivity contribution < 1.29 is 14.3 Å². The van der Waals surface area contributed by atoms with E-state index in [1.807, 2.05) is 18.2 Å². The van der Waals surface area contributed by atoms with Crippen LogP contribution >= 0.6 is 11.6 Å². The Morgan fingerprint density at radius 2 is 1.85 bits per heavy atom. The number of amides is 3. The Morgan fingerprint density at radius 3 is 2.53 bits per heavy atom. The topological polar surface area (TPSA) is 98.6 Å². The van der Waals surface area contributed by atoms with E-state index in [1.165, 1.54) is 4.90 Å². The van der Waals surface area contributed by atoms with Gasteiger partial charge in [0.25, 0.3) is 0 Å². The van der Waals surface area contributed by atoms with E-state index in [0.717, 1.165) is 11.3 Å². The first-order chi connectivity index (χ1) is 16.5. The summed E-state index contributed by atoms with van der Waals surface area (Å²) < 4.78 is 5.71. The number of anilines is 1. The lowest BCUT2D eigenvalue weighted by atomic mass is 10.1. The van der Waals surface area contributed by atoms with Crippen LogP contribution in [0.3, 0.4) is 0 Å². The lowest BCUT2D eigenvalue weighted by Gasteiger charge is -2.40.